The maximum atomic E-state index is 11.6. The first-order chi connectivity index (χ1) is 7.52. The molecule has 3 nitrogen and oxygen atoms in total. The Bertz CT molecular complexity index is 196. The van der Waals surface area contributed by atoms with E-state index in [1.807, 2.05) is 0 Å². The number of unbranched alkanes of at least 4 members (excludes halogenated alkanes) is 3. The average molecular weight is 265 g/mol. The van der Waals surface area contributed by atoms with E-state index in [1.54, 1.807) is 0 Å². The molecule has 1 amide bonds. The van der Waals surface area contributed by atoms with Gasteiger partial charge in [-0.1, -0.05) is 26.2 Å². The Morgan fingerprint density at radius 1 is 1.18 bits per heavy atom. The molecular weight excluding hydrogens is 236 g/mol. The Morgan fingerprint density at radius 2 is 1.76 bits per heavy atom. The van der Waals surface area contributed by atoms with Crippen LogP contribution in [0.25, 0.3) is 0 Å². The van der Waals surface area contributed by atoms with Crippen LogP contribution >= 0.6 is 12.4 Å². The van der Waals surface area contributed by atoms with Crippen LogP contribution in [-0.4, -0.2) is 18.0 Å². The lowest BCUT2D eigenvalue weighted by atomic mass is 9.98. The number of carbonyl (C=O) groups excluding carboxylic acids is 1. The molecule has 0 spiro atoms. The lowest BCUT2D eigenvalue weighted by Gasteiger charge is -2.25. The van der Waals surface area contributed by atoms with Gasteiger partial charge in [-0.3, -0.25) is 4.79 Å². The first-order valence-corrected chi connectivity index (χ1v) is 6.53. The van der Waals surface area contributed by atoms with Crippen LogP contribution < -0.4 is 11.1 Å². The van der Waals surface area contributed by atoms with Gasteiger partial charge in [0, 0.05) is 12.0 Å². The van der Waals surface area contributed by atoms with Crippen LogP contribution in [0.2, 0.25) is 0 Å². The van der Waals surface area contributed by atoms with Crippen molar-refractivity contribution in [2.24, 2.45) is 5.73 Å². The van der Waals surface area contributed by atoms with Gasteiger partial charge in [0.05, 0.1) is 0 Å². The number of hydrogen-bond donors (Lipinski definition) is 2. The second kappa shape index (κ2) is 10.8. The number of nitrogens with one attached hydrogen (secondary N) is 1. The van der Waals surface area contributed by atoms with E-state index in [-0.39, 0.29) is 23.9 Å². The molecule has 0 radical (unpaired) electrons. The van der Waals surface area contributed by atoms with Crippen LogP contribution in [0.3, 0.4) is 0 Å². The number of rotatable bonds is 9. The van der Waals surface area contributed by atoms with Gasteiger partial charge < -0.3 is 11.1 Å². The van der Waals surface area contributed by atoms with Gasteiger partial charge in [0.25, 0.3) is 0 Å². The normalized spacial score (nSPS) is 10.8. The smallest absolute Gasteiger partial charge is 0.220 e. The monoisotopic (exact) mass is 264 g/mol. The minimum atomic E-state index is -0.0525. The summed E-state index contributed by atoms with van der Waals surface area (Å²) in [6.07, 6.45) is 7.09. The quantitative estimate of drug-likeness (QED) is 0.629. The molecule has 4 heteroatoms. The number of carbonyl (C=O) groups is 1. The zero-order valence-electron chi connectivity index (χ0n) is 11.6. The molecule has 0 aliphatic carbocycles. The van der Waals surface area contributed by atoms with E-state index in [0.29, 0.717) is 6.42 Å². The van der Waals surface area contributed by atoms with Crippen LogP contribution in [-0.2, 0) is 4.79 Å². The summed E-state index contributed by atoms with van der Waals surface area (Å²) in [5, 5.41) is 3.08. The molecule has 0 fully saturated rings. The van der Waals surface area contributed by atoms with Crippen LogP contribution in [0.15, 0.2) is 0 Å². The summed E-state index contributed by atoms with van der Waals surface area (Å²) < 4.78 is 0. The highest BCUT2D eigenvalue weighted by Crippen LogP contribution is 2.11. The van der Waals surface area contributed by atoms with Crippen LogP contribution in [0.5, 0.6) is 0 Å². The predicted octanol–water partition coefficient (Wildman–Crippen LogP) is 3.01. The number of halogens is 1. The van der Waals surface area contributed by atoms with Crippen LogP contribution in [0, 0.1) is 0 Å². The minimum Gasteiger partial charge on any atom is -0.351 e. The first kappa shape index (κ1) is 19.1. The van der Waals surface area contributed by atoms with Crippen LogP contribution in [0.4, 0.5) is 0 Å². The van der Waals surface area contributed by atoms with E-state index in [2.05, 4.69) is 26.1 Å². The average Bonchev–Trinajstić information content (AvgIpc) is 2.16. The summed E-state index contributed by atoms with van der Waals surface area (Å²) in [5.74, 6) is 0.186. The summed E-state index contributed by atoms with van der Waals surface area (Å²) >= 11 is 0. The third-order valence-corrected chi connectivity index (χ3v) is 2.71. The molecule has 104 valence electrons. The van der Waals surface area contributed by atoms with Gasteiger partial charge in [-0.15, -0.1) is 12.4 Å². The Kier molecular flexibility index (Phi) is 12.2. The molecule has 0 aliphatic rings. The first-order valence-electron chi connectivity index (χ1n) is 6.53. The van der Waals surface area contributed by atoms with Gasteiger partial charge in [-0.25, -0.2) is 0 Å². The molecule has 0 atom stereocenters. The summed E-state index contributed by atoms with van der Waals surface area (Å²) in [7, 11) is 0. The molecule has 0 aromatic heterocycles. The van der Waals surface area contributed by atoms with E-state index in [9.17, 15) is 4.79 Å². The number of amides is 1. The third kappa shape index (κ3) is 12.0. The fourth-order valence-corrected chi connectivity index (χ4v) is 1.91. The molecule has 0 rings (SSSR count). The zero-order valence-corrected chi connectivity index (χ0v) is 12.4. The summed E-state index contributed by atoms with van der Waals surface area (Å²) in [6.45, 7) is 7.07. The van der Waals surface area contributed by atoms with Crippen molar-refractivity contribution in [2.45, 2.75) is 71.3 Å². The van der Waals surface area contributed by atoms with Crippen molar-refractivity contribution in [3.8, 4) is 0 Å². The highest BCUT2D eigenvalue weighted by atomic mass is 35.5. The zero-order chi connectivity index (χ0) is 12.4. The molecule has 0 aliphatic heterocycles. The van der Waals surface area contributed by atoms with E-state index in [0.717, 1.165) is 45.1 Å². The largest absolute Gasteiger partial charge is 0.351 e. The highest BCUT2D eigenvalue weighted by molar-refractivity contribution is 5.85. The minimum absolute atomic E-state index is 0. The highest BCUT2D eigenvalue weighted by Gasteiger charge is 2.18. The van der Waals surface area contributed by atoms with Gasteiger partial charge in [0.2, 0.25) is 5.91 Å². The topological polar surface area (TPSA) is 55.1 Å². The lowest BCUT2D eigenvalue weighted by molar-refractivity contribution is -0.122. The third-order valence-electron chi connectivity index (χ3n) is 2.71. The van der Waals surface area contributed by atoms with Crippen molar-refractivity contribution >= 4 is 18.3 Å². The van der Waals surface area contributed by atoms with Crippen LogP contribution in [0.1, 0.15) is 65.7 Å². The molecule has 0 saturated carbocycles. The van der Waals surface area contributed by atoms with Crippen molar-refractivity contribution in [2.75, 3.05) is 6.54 Å². The maximum absolute atomic E-state index is 11.6. The molecule has 0 bridgehead atoms. The fourth-order valence-electron chi connectivity index (χ4n) is 1.91. The number of nitrogens with two attached hydrogens (primary N) is 1. The predicted molar refractivity (Wildman–Crippen MR) is 76.5 cm³/mol. The molecule has 0 aromatic rings. The van der Waals surface area contributed by atoms with Crippen molar-refractivity contribution in [3.63, 3.8) is 0 Å². The maximum Gasteiger partial charge on any atom is 0.220 e. The van der Waals surface area contributed by atoms with E-state index >= 15 is 0 Å². The fraction of sp³-hybridized carbons (Fsp3) is 0.923. The van der Waals surface area contributed by atoms with Gasteiger partial charge in [0.15, 0.2) is 0 Å². The van der Waals surface area contributed by atoms with Gasteiger partial charge in [0.1, 0.15) is 0 Å². The Labute approximate surface area is 112 Å². The molecule has 0 unspecified atom stereocenters. The number of hydrogen-bond acceptors (Lipinski definition) is 2. The molecule has 17 heavy (non-hydrogen) atoms. The summed E-state index contributed by atoms with van der Waals surface area (Å²) in [5.41, 5.74) is 5.36. The lowest BCUT2D eigenvalue weighted by Crippen LogP contribution is -2.43. The molecule has 0 saturated heterocycles. The molecular formula is C13H29ClN2O. The van der Waals surface area contributed by atoms with Crippen molar-refractivity contribution in [1.82, 2.24) is 5.32 Å². The van der Waals surface area contributed by atoms with Crippen molar-refractivity contribution < 1.29 is 4.79 Å². The molecule has 3 N–H and O–H groups in total. The van der Waals surface area contributed by atoms with Crippen molar-refractivity contribution in [3.05, 3.63) is 0 Å². The second-order valence-electron chi connectivity index (χ2n) is 5.13. The van der Waals surface area contributed by atoms with Crippen molar-refractivity contribution in [1.29, 1.82) is 0 Å². The van der Waals surface area contributed by atoms with E-state index in [4.69, 9.17) is 5.73 Å². The second-order valence-corrected chi connectivity index (χ2v) is 5.13. The van der Waals surface area contributed by atoms with Gasteiger partial charge in [-0.2, -0.15) is 0 Å². The van der Waals surface area contributed by atoms with Gasteiger partial charge in [-0.05, 0) is 39.7 Å². The standard InChI is InChI=1S/C13H28N2O.ClH/c1-4-10-13(2,3)15-12(16)9-7-5-6-8-11-14;/h4-11,14H2,1-3H3,(H,15,16);1H. The SMILES string of the molecule is CCCC(C)(C)NC(=O)CCCCCCN.Cl. The Morgan fingerprint density at radius 3 is 2.29 bits per heavy atom. The van der Waals surface area contributed by atoms with E-state index < -0.39 is 0 Å². The Balaban J connectivity index is 0. The molecule has 0 heterocycles. The summed E-state index contributed by atoms with van der Waals surface area (Å²) in [6, 6.07) is 0. The molecule has 0 aromatic carbocycles. The van der Waals surface area contributed by atoms with Gasteiger partial charge >= 0.3 is 0 Å². The summed E-state index contributed by atoms with van der Waals surface area (Å²) in [4.78, 5) is 11.6. The Hall–Kier alpha value is -0.280. The van der Waals surface area contributed by atoms with E-state index in [1.165, 1.54) is 0 Å².